The number of rotatable bonds is 4. The Morgan fingerprint density at radius 3 is 2.89 bits per heavy atom. The maximum atomic E-state index is 9.21. The molecule has 5 nitrogen and oxygen atoms in total. The van der Waals surface area contributed by atoms with E-state index in [9.17, 15) is 5.11 Å². The normalized spacial score (nSPS) is 13.7. The molecule has 4 N–H and O–H groups in total. The fraction of sp³-hybridized carbons (Fsp3) is 0.231. The van der Waals surface area contributed by atoms with E-state index in [0.29, 0.717) is 5.56 Å². The van der Waals surface area contributed by atoms with Crippen LogP contribution in [0.2, 0.25) is 0 Å². The SMILES string of the molecule is CC(CO)Sc1c(/C(N)=N/O)cnc2ccccc12. The van der Waals surface area contributed by atoms with Crippen LogP contribution in [0, 0.1) is 0 Å². The molecule has 19 heavy (non-hydrogen) atoms. The number of hydrogen-bond acceptors (Lipinski definition) is 5. The van der Waals surface area contributed by atoms with Crippen molar-refractivity contribution < 1.29 is 10.3 Å². The molecule has 0 bridgehead atoms. The van der Waals surface area contributed by atoms with Gasteiger partial charge in [0.15, 0.2) is 5.84 Å². The standard InChI is InChI=1S/C13H15N3O2S/c1-8(7-17)19-12-9-4-2-3-5-11(9)15-6-10(12)13(14)16-18/h2-6,8,17-18H,7H2,1H3,(H2,14,16). The van der Waals surface area contributed by atoms with E-state index >= 15 is 0 Å². The summed E-state index contributed by atoms with van der Waals surface area (Å²) >= 11 is 1.48. The van der Waals surface area contributed by atoms with E-state index in [1.165, 1.54) is 11.8 Å². The highest BCUT2D eigenvalue weighted by atomic mass is 32.2. The van der Waals surface area contributed by atoms with Crippen molar-refractivity contribution in [1.29, 1.82) is 0 Å². The molecule has 1 aromatic carbocycles. The Morgan fingerprint density at radius 2 is 2.21 bits per heavy atom. The fourth-order valence-electron chi connectivity index (χ4n) is 1.72. The predicted molar refractivity (Wildman–Crippen MR) is 76.7 cm³/mol. The molecule has 0 radical (unpaired) electrons. The lowest BCUT2D eigenvalue weighted by Gasteiger charge is -2.14. The van der Waals surface area contributed by atoms with Gasteiger partial charge in [-0.3, -0.25) is 4.98 Å². The Balaban J connectivity index is 2.64. The molecular formula is C13H15N3O2S. The third-order valence-corrected chi connectivity index (χ3v) is 3.91. The van der Waals surface area contributed by atoms with Crippen LogP contribution in [0.5, 0.6) is 0 Å². The Kier molecular flexibility index (Phi) is 4.24. The molecule has 100 valence electrons. The van der Waals surface area contributed by atoms with Gasteiger partial charge in [-0.25, -0.2) is 0 Å². The minimum Gasteiger partial charge on any atom is -0.409 e. The zero-order valence-electron chi connectivity index (χ0n) is 10.4. The Hall–Kier alpha value is -1.79. The minimum absolute atomic E-state index is 0.0102. The molecule has 0 aliphatic carbocycles. The number of para-hydroxylation sites is 1. The summed E-state index contributed by atoms with van der Waals surface area (Å²) in [6, 6.07) is 7.65. The second-order valence-corrected chi connectivity index (χ2v) is 5.56. The summed E-state index contributed by atoms with van der Waals surface area (Å²) in [6.07, 6.45) is 1.59. The number of thioether (sulfide) groups is 1. The smallest absolute Gasteiger partial charge is 0.172 e. The second kappa shape index (κ2) is 5.90. The Morgan fingerprint density at radius 1 is 1.47 bits per heavy atom. The predicted octanol–water partition coefficient (Wildman–Crippen LogP) is 1.80. The molecule has 1 heterocycles. The lowest BCUT2D eigenvalue weighted by atomic mass is 10.1. The van der Waals surface area contributed by atoms with Crippen LogP contribution in [-0.2, 0) is 0 Å². The van der Waals surface area contributed by atoms with E-state index in [4.69, 9.17) is 10.9 Å². The number of benzene rings is 1. The van der Waals surface area contributed by atoms with Crippen LogP contribution in [0.3, 0.4) is 0 Å². The number of nitrogens with zero attached hydrogens (tertiary/aromatic N) is 2. The van der Waals surface area contributed by atoms with Crippen molar-refractivity contribution in [3.63, 3.8) is 0 Å². The molecule has 2 aromatic rings. The van der Waals surface area contributed by atoms with Gasteiger partial charge in [0, 0.05) is 21.7 Å². The molecule has 0 spiro atoms. The monoisotopic (exact) mass is 277 g/mol. The molecule has 0 fully saturated rings. The van der Waals surface area contributed by atoms with Crippen LogP contribution >= 0.6 is 11.8 Å². The molecule has 2 rings (SSSR count). The first-order chi connectivity index (χ1) is 9.17. The van der Waals surface area contributed by atoms with E-state index in [1.807, 2.05) is 31.2 Å². The zero-order valence-corrected chi connectivity index (χ0v) is 11.3. The number of pyridine rings is 1. The van der Waals surface area contributed by atoms with Crippen LogP contribution in [0.25, 0.3) is 10.9 Å². The first kappa shape index (κ1) is 13.6. The van der Waals surface area contributed by atoms with Gasteiger partial charge in [-0.15, -0.1) is 11.8 Å². The fourth-order valence-corrected chi connectivity index (χ4v) is 2.78. The summed E-state index contributed by atoms with van der Waals surface area (Å²) in [5.41, 5.74) is 7.10. The average molecular weight is 277 g/mol. The Labute approximate surface area is 115 Å². The number of amidine groups is 1. The first-order valence-corrected chi connectivity index (χ1v) is 6.68. The molecule has 0 aliphatic heterocycles. The summed E-state index contributed by atoms with van der Waals surface area (Å²) in [5, 5.41) is 22.0. The van der Waals surface area contributed by atoms with E-state index in [2.05, 4.69) is 10.1 Å². The highest BCUT2D eigenvalue weighted by Crippen LogP contribution is 2.32. The van der Waals surface area contributed by atoms with E-state index < -0.39 is 0 Å². The van der Waals surface area contributed by atoms with Crippen LogP contribution < -0.4 is 5.73 Å². The first-order valence-electron chi connectivity index (χ1n) is 5.80. The highest BCUT2D eigenvalue weighted by Gasteiger charge is 2.15. The van der Waals surface area contributed by atoms with E-state index in [-0.39, 0.29) is 17.7 Å². The number of fused-ring (bicyclic) bond motifs is 1. The van der Waals surface area contributed by atoms with Crippen molar-refractivity contribution in [2.24, 2.45) is 10.9 Å². The number of aliphatic hydroxyl groups is 1. The van der Waals surface area contributed by atoms with Crippen LogP contribution in [0.15, 0.2) is 40.5 Å². The summed E-state index contributed by atoms with van der Waals surface area (Å²) < 4.78 is 0. The van der Waals surface area contributed by atoms with Crippen molar-refractivity contribution in [1.82, 2.24) is 4.98 Å². The quantitative estimate of drug-likeness (QED) is 0.260. The van der Waals surface area contributed by atoms with E-state index in [0.717, 1.165) is 15.8 Å². The van der Waals surface area contributed by atoms with Crippen LogP contribution in [0.4, 0.5) is 0 Å². The molecule has 1 aromatic heterocycles. The largest absolute Gasteiger partial charge is 0.409 e. The molecular weight excluding hydrogens is 262 g/mol. The molecule has 1 unspecified atom stereocenters. The van der Waals surface area contributed by atoms with Gasteiger partial charge in [-0.05, 0) is 6.07 Å². The van der Waals surface area contributed by atoms with Gasteiger partial charge in [-0.1, -0.05) is 30.3 Å². The zero-order chi connectivity index (χ0) is 13.8. The van der Waals surface area contributed by atoms with Crippen molar-refractivity contribution in [3.05, 3.63) is 36.0 Å². The number of aliphatic hydroxyl groups excluding tert-OH is 1. The lowest BCUT2D eigenvalue weighted by Crippen LogP contribution is -2.16. The van der Waals surface area contributed by atoms with Gasteiger partial charge in [0.25, 0.3) is 0 Å². The topological polar surface area (TPSA) is 91.7 Å². The van der Waals surface area contributed by atoms with Crippen molar-refractivity contribution >= 4 is 28.5 Å². The molecule has 0 saturated heterocycles. The molecule has 0 amide bonds. The second-order valence-electron chi connectivity index (χ2n) is 4.11. The van der Waals surface area contributed by atoms with Crippen molar-refractivity contribution in [3.8, 4) is 0 Å². The van der Waals surface area contributed by atoms with Crippen molar-refractivity contribution in [2.45, 2.75) is 17.1 Å². The molecule has 0 saturated carbocycles. The summed E-state index contributed by atoms with van der Waals surface area (Å²) in [7, 11) is 0. The number of aromatic nitrogens is 1. The maximum absolute atomic E-state index is 9.21. The summed E-state index contributed by atoms with van der Waals surface area (Å²) in [4.78, 5) is 5.16. The van der Waals surface area contributed by atoms with Crippen LogP contribution in [0.1, 0.15) is 12.5 Å². The average Bonchev–Trinajstić information content (AvgIpc) is 2.46. The third-order valence-electron chi connectivity index (χ3n) is 2.69. The minimum atomic E-state index is 0.0102. The van der Waals surface area contributed by atoms with Crippen molar-refractivity contribution in [2.75, 3.05) is 6.61 Å². The summed E-state index contributed by atoms with van der Waals surface area (Å²) in [6.45, 7) is 1.97. The van der Waals surface area contributed by atoms with E-state index in [1.54, 1.807) is 6.20 Å². The Bertz CT molecular complexity index is 616. The van der Waals surface area contributed by atoms with Gasteiger partial charge in [-0.2, -0.15) is 0 Å². The van der Waals surface area contributed by atoms with Gasteiger partial charge in [0.1, 0.15) is 0 Å². The van der Waals surface area contributed by atoms with Gasteiger partial charge >= 0.3 is 0 Å². The lowest BCUT2D eigenvalue weighted by molar-refractivity contribution is 0.300. The number of nitrogens with two attached hydrogens (primary N) is 1. The van der Waals surface area contributed by atoms with Gasteiger partial charge in [0.05, 0.1) is 17.7 Å². The molecule has 6 heteroatoms. The van der Waals surface area contributed by atoms with Gasteiger partial charge < -0.3 is 16.0 Å². The highest BCUT2D eigenvalue weighted by molar-refractivity contribution is 8.00. The maximum Gasteiger partial charge on any atom is 0.172 e. The number of oxime groups is 1. The summed E-state index contributed by atoms with van der Waals surface area (Å²) in [5.74, 6) is 0.0193. The van der Waals surface area contributed by atoms with Gasteiger partial charge in [0.2, 0.25) is 0 Å². The number of hydrogen-bond donors (Lipinski definition) is 3. The third kappa shape index (κ3) is 2.80. The van der Waals surface area contributed by atoms with Crippen LogP contribution in [-0.4, -0.2) is 33.0 Å². The molecule has 0 aliphatic rings. The molecule has 1 atom stereocenters.